The van der Waals surface area contributed by atoms with E-state index in [4.69, 9.17) is 14.2 Å². The Hall–Kier alpha value is -2.32. The Bertz CT molecular complexity index is 705. The summed E-state index contributed by atoms with van der Waals surface area (Å²) in [7, 11) is 3.05. The fraction of sp³-hybridized carbons (Fsp3) is 0.636. The van der Waals surface area contributed by atoms with Gasteiger partial charge in [0.05, 0.1) is 34.0 Å². The van der Waals surface area contributed by atoms with Gasteiger partial charge in [0.1, 0.15) is 11.5 Å². The second kappa shape index (κ2) is 10.6. The molecule has 2 amide bonds. The van der Waals surface area contributed by atoms with Crippen molar-refractivity contribution in [2.24, 2.45) is 0 Å². The first-order valence-electron chi connectivity index (χ1n) is 10.7. The van der Waals surface area contributed by atoms with Gasteiger partial charge in [-0.1, -0.05) is 19.3 Å². The quantitative estimate of drug-likeness (QED) is 0.665. The van der Waals surface area contributed by atoms with Gasteiger partial charge in [-0.2, -0.15) is 0 Å². The number of carbonyl (C=O) groups is 2. The molecular weight excluding hydrogens is 386 g/mol. The summed E-state index contributed by atoms with van der Waals surface area (Å²) in [5.74, 6) is 0.515. The van der Waals surface area contributed by atoms with Gasteiger partial charge in [0.15, 0.2) is 0 Å². The first-order valence-corrected chi connectivity index (χ1v) is 10.7. The molecule has 30 heavy (non-hydrogen) atoms. The van der Waals surface area contributed by atoms with Crippen LogP contribution in [0.3, 0.4) is 0 Å². The molecule has 0 spiro atoms. The Kier molecular flexibility index (Phi) is 7.93. The summed E-state index contributed by atoms with van der Waals surface area (Å²) in [4.78, 5) is 27.4. The third-order valence-electron chi connectivity index (χ3n) is 6.10. The minimum absolute atomic E-state index is 0.00185. The first kappa shape index (κ1) is 22.4. The monoisotopic (exact) mass is 419 g/mol. The molecule has 1 aromatic rings. The van der Waals surface area contributed by atoms with Crippen molar-refractivity contribution in [3.63, 3.8) is 0 Å². The minimum atomic E-state index is -0.345. The third kappa shape index (κ3) is 5.64. The van der Waals surface area contributed by atoms with Crippen molar-refractivity contribution in [2.45, 2.75) is 37.6 Å². The van der Waals surface area contributed by atoms with Gasteiger partial charge in [0.2, 0.25) is 5.91 Å². The van der Waals surface area contributed by atoms with E-state index < -0.39 is 0 Å². The van der Waals surface area contributed by atoms with E-state index in [0.717, 1.165) is 39.1 Å². The van der Waals surface area contributed by atoms with Gasteiger partial charge in [0, 0.05) is 36.8 Å². The second-order valence-electron chi connectivity index (χ2n) is 7.95. The molecule has 1 aromatic carbocycles. The smallest absolute Gasteiger partial charge is 0.251 e. The first-order chi connectivity index (χ1) is 14.6. The number of hydrogen-bond acceptors (Lipinski definition) is 6. The standard InChI is InChI=1S/C22H33N3O5/c1-28-18-12-17(13-19(14-18)29-2)21(27)23-15-20(26)24-16-22(6-4-3-5-7-22)25-8-10-30-11-9-25/h12-14H,3-11,15-16H2,1-2H3,(H,23,27)(H,24,26). The molecule has 0 unspecified atom stereocenters. The molecule has 0 aromatic heterocycles. The summed E-state index contributed by atoms with van der Waals surface area (Å²) in [6, 6.07) is 4.93. The Labute approximate surface area is 178 Å². The largest absolute Gasteiger partial charge is 0.497 e. The lowest BCUT2D eigenvalue weighted by atomic mass is 9.79. The van der Waals surface area contributed by atoms with E-state index in [1.165, 1.54) is 33.5 Å². The van der Waals surface area contributed by atoms with Gasteiger partial charge in [-0.15, -0.1) is 0 Å². The topological polar surface area (TPSA) is 89.1 Å². The predicted octanol–water partition coefficient (Wildman–Crippen LogP) is 1.58. The normalized spacial score (nSPS) is 19.0. The van der Waals surface area contributed by atoms with E-state index in [-0.39, 0.29) is 23.9 Å². The molecule has 1 saturated heterocycles. The molecule has 3 rings (SSSR count). The highest BCUT2D eigenvalue weighted by Gasteiger charge is 2.38. The molecule has 0 radical (unpaired) electrons. The van der Waals surface area contributed by atoms with Crippen molar-refractivity contribution in [3.05, 3.63) is 23.8 Å². The summed E-state index contributed by atoms with van der Waals surface area (Å²) in [5, 5.41) is 5.74. The molecule has 2 fully saturated rings. The number of carbonyl (C=O) groups excluding carboxylic acids is 2. The Morgan fingerprint density at radius 2 is 1.63 bits per heavy atom. The van der Waals surface area contributed by atoms with Crippen molar-refractivity contribution in [3.8, 4) is 11.5 Å². The van der Waals surface area contributed by atoms with Crippen LogP contribution in [0.2, 0.25) is 0 Å². The van der Waals surface area contributed by atoms with Crippen LogP contribution in [0, 0.1) is 0 Å². The van der Waals surface area contributed by atoms with Crippen LogP contribution in [0.5, 0.6) is 11.5 Å². The third-order valence-corrected chi connectivity index (χ3v) is 6.10. The van der Waals surface area contributed by atoms with Crippen LogP contribution in [0.4, 0.5) is 0 Å². The van der Waals surface area contributed by atoms with Crippen molar-refractivity contribution >= 4 is 11.8 Å². The summed E-state index contributed by atoms with van der Waals surface area (Å²) in [6.07, 6.45) is 5.79. The van der Waals surface area contributed by atoms with Crippen molar-refractivity contribution in [1.82, 2.24) is 15.5 Å². The number of hydrogen-bond donors (Lipinski definition) is 2. The lowest BCUT2D eigenvalue weighted by molar-refractivity contribution is -0.121. The molecule has 2 aliphatic rings. The molecule has 8 nitrogen and oxygen atoms in total. The molecule has 166 valence electrons. The zero-order valence-corrected chi connectivity index (χ0v) is 18.0. The van der Waals surface area contributed by atoms with E-state index in [9.17, 15) is 9.59 Å². The maximum Gasteiger partial charge on any atom is 0.251 e. The van der Waals surface area contributed by atoms with Crippen molar-refractivity contribution in [1.29, 1.82) is 0 Å². The summed E-state index contributed by atoms with van der Waals surface area (Å²) < 4.78 is 15.9. The number of nitrogens with one attached hydrogen (secondary N) is 2. The highest BCUT2D eigenvalue weighted by Crippen LogP contribution is 2.33. The molecule has 1 saturated carbocycles. The summed E-state index contributed by atoms with van der Waals surface area (Å²) >= 11 is 0. The number of ether oxygens (including phenoxy) is 3. The van der Waals surface area contributed by atoms with E-state index in [1.807, 2.05) is 0 Å². The molecule has 2 N–H and O–H groups in total. The van der Waals surface area contributed by atoms with Gasteiger partial charge in [0.25, 0.3) is 5.91 Å². The van der Waals surface area contributed by atoms with Gasteiger partial charge < -0.3 is 24.8 Å². The van der Waals surface area contributed by atoms with Crippen molar-refractivity contribution in [2.75, 3.05) is 53.6 Å². The lowest BCUT2D eigenvalue weighted by Crippen LogP contribution is -2.60. The second-order valence-corrected chi connectivity index (χ2v) is 7.95. The van der Waals surface area contributed by atoms with Crippen LogP contribution < -0.4 is 20.1 Å². The molecular formula is C22H33N3O5. The number of nitrogens with zero attached hydrogens (tertiary/aromatic N) is 1. The molecule has 8 heteroatoms. The molecule has 0 atom stereocenters. The fourth-order valence-corrected chi connectivity index (χ4v) is 4.38. The average molecular weight is 420 g/mol. The van der Waals surface area contributed by atoms with Gasteiger partial charge in [-0.25, -0.2) is 0 Å². The molecule has 1 heterocycles. The fourth-order valence-electron chi connectivity index (χ4n) is 4.38. The predicted molar refractivity (Wildman–Crippen MR) is 113 cm³/mol. The summed E-state index contributed by atoms with van der Waals surface area (Å²) in [5.41, 5.74) is 0.387. The SMILES string of the molecule is COc1cc(OC)cc(C(=O)NCC(=O)NCC2(N3CCOCC3)CCCCC2)c1. The number of rotatable bonds is 8. The Balaban J connectivity index is 1.54. The van der Waals surface area contributed by atoms with Crippen LogP contribution in [0.15, 0.2) is 18.2 Å². The highest BCUT2D eigenvalue weighted by atomic mass is 16.5. The van der Waals surface area contributed by atoms with E-state index >= 15 is 0 Å². The Morgan fingerprint density at radius 3 is 2.23 bits per heavy atom. The zero-order chi connectivity index (χ0) is 21.4. The maximum atomic E-state index is 12.5. The van der Waals surface area contributed by atoms with Crippen LogP contribution in [-0.4, -0.2) is 75.9 Å². The van der Waals surface area contributed by atoms with E-state index in [2.05, 4.69) is 15.5 Å². The molecule has 1 aliphatic heterocycles. The van der Waals surface area contributed by atoms with Crippen LogP contribution in [0.25, 0.3) is 0 Å². The number of benzene rings is 1. The zero-order valence-electron chi connectivity index (χ0n) is 18.0. The number of methoxy groups -OCH3 is 2. The van der Waals surface area contributed by atoms with Gasteiger partial charge in [-0.05, 0) is 25.0 Å². The Morgan fingerprint density at radius 1 is 1.00 bits per heavy atom. The van der Waals surface area contributed by atoms with Crippen LogP contribution >= 0.6 is 0 Å². The molecule has 0 bridgehead atoms. The number of morpholine rings is 1. The van der Waals surface area contributed by atoms with Crippen molar-refractivity contribution < 1.29 is 23.8 Å². The van der Waals surface area contributed by atoms with Gasteiger partial charge in [-0.3, -0.25) is 14.5 Å². The number of amides is 2. The van der Waals surface area contributed by atoms with E-state index in [0.29, 0.717) is 23.6 Å². The average Bonchev–Trinajstić information content (AvgIpc) is 2.81. The minimum Gasteiger partial charge on any atom is -0.497 e. The summed E-state index contributed by atoms with van der Waals surface area (Å²) in [6.45, 7) is 3.84. The lowest BCUT2D eigenvalue weighted by Gasteiger charge is -2.48. The maximum absolute atomic E-state index is 12.5. The highest BCUT2D eigenvalue weighted by molar-refractivity contribution is 5.97. The van der Waals surface area contributed by atoms with E-state index in [1.54, 1.807) is 18.2 Å². The van der Waals surface area contributed by atoms with Crippen LogP contribution in [0.1, 0.15) is 42.5 Å². The van der Waals surface area contributed by atoms with Crippen LogP contribution in [-0.2, 0) is 9.53 Å². The van der Waals surface area contributed by atoms with Gasteiger partial charge >= 0.3 is 0 Å². The molecule has 1 aliphatic carbocycles.